The van der Waals surface area contributed by atoms with Crippen LogP contribution in [-0.4, -0.2) is 74.9 Å². The van der Waals surface area contributed by atoms with Crippen LogP contribution in [0.2, 0.25) is 0 Å². The summed E-state index contributed by atoms with van der Waals surface area (Å²) in [7, 11) is 8.15. The minimum Gasteiger partial charge on any atom is -0.394 e. The molecule has 6 nitrogen and oxygen atoms in total. The van der Waals surface area contributed by atoms with E-state index in [9.17, 15) is 5.11 Å². The van der Waals surface area contributed by atoms with E-state index in [4.69, 9.17) is 5.11 Å². The molecule has 0 aliphatic heterocycles. The SMILES string of the molecule is CN(CCSSCCN(C)c1ccc(/C=C/c2cccc[n+]2CCO)cc1)c1ccc(/C=C/C=C/C=C\C=N\CCO)cc1. The van der Waals surface area contributed by atoms with E-state index in [-0.39, 0.29) is 13.2 Å². The molecule has 3 aromatic rings. The van der Waals surface area contributed by atoms with Crippen LogP contribution in [0.15, 0.2) is 108 Å². The number of aliphatic imine (C=N–C) groups is 1. The zero-order chi connectivity index (χ0) is 31.2. The Labute approximate surface area is 271 Å². The van der Waals surface area contributed by atoms with Crippen LogP contribution >= 0.6 is 21.6 Å². The third kappa shape index (κ3) is 13.4. The molecule has 8 heteroatoms. The van der Waals surface area contributed by atoms with Crippen LogP contribution in [0.4, 0.5) is 11.4 Å². The Kier molecular flexibility index (Phi) is 16.8. The highest BCUT2D eigenvalue weighted by Crippen LogP contribution is 2.23. The van der Waals surface area contributed by atoms with Crippen molar-refractivity contribution >= 4 is 57.4 Å². The molecule has 0 atom stereocenters. The van der Waals surface area contributed by atoms with Gasteiger partial charge in [-0.25, -0.2) is 0 Å². The van der Waals surface area contributed by atoms with E-state index >= 15 is 0 Å². The summed E-state index contributed by atoms with van der Waals surface area (Å²) in [6.45, 7) is 3.23. The van der Waals surface area contributed by atoms with Gasteiger partial charge in [-0.05, 0) is 53.6 Å². The number of aliphatic hydroxyl groups is 2. The van der Waals surface area contributed by atoms with Crippen LogP contribution in [-0.2, 0) is 6.54 Å². The lowest BCUT2D eigenvalue weighted by Gasteiger charge is -2.20. The van der Waals surface area contributed by atoms with E-state index in [1.165, 1.54) is 16.9 Å². The van der Waals surface area contributed by atoms with Crippen molar-refractivity contribution in [2.75, 3.05) is 68.2 Å². The molecular formula is C36H45N4O2S2+. The number of allylic oxidation sites excluding steroid dienone is 5. The second-order valence-electron chi connectivity index (χ2n) is 9.95. The Hall–Kier alpha value is -3.56. The predicted molar refractivity (Wildman–Crippen MR) is 195 cm³/mol. The van der Waals surface area contributed by atoms with Gasteiger partial charge < -0.3 is 20.0 Å². The second kappa shape index (κ2) is 21.2. The summed E-state index contributed by atoms with van der Waals surface area (Å²) in [6.07, 6.45) is 19.7. The maximum absolute atomic E-state index is 9.28. The third-order valence-corrected chi connectivity index (χ3v) is 9.05. The number of hydrogen-bond donors (Lipinski definition) is 2. The van der Waals surface area contributed by atoms with Crippen molar-refractivity contribution in [3.8, 4) is 0 Å². The first kappa shape index (κ1) is 34.9. The second-order valence-corrected chi connectivity index (χ2v) is 12.7. The largest absolute Gasteiger partial charge is 0.394 e. The van der Waals surface area contributed by atoms with E-state index in [1.54, 1.807) is 6.21 Å². The van der Waals surface area contributed by atoms with Crippen LogP contribution in [0, 0.1) is 0 Å². The number of anilines is 2. The van der Waals surface area contributed by atoms with Crippen LogP contribution < -0.4 is 14.4 Å². The normalized spacial score (nSPS) is 12.1. The minimum atomic E-state index is 0.0786. The van der Waals surface area contributed by atoms with E-state index in [0.717, 1.165) is 35.9 Å². The number of aliphatic hydroxyl groups excluding tert-OH is 2. The van der Waals surface area contributed by atoms with E-state index < -0.39 is 0 Å². The van der Waals surface area contributed by atoms with Gasteiger partial charge in [0.25, 0.3) is 0 Å². The van der Waals surface area contributed by atoms with Gasteiger partial charge in [0.15, 0.2) is 12.7 Å². The average Bonchev–Trinajstić information content (AvgIpc) is 3.05. The molecule has 0 aliphatic carbocycles. The summed E-state index contributed by atoms with van der Waals surface area (Å²) in [5.74, 6) is 2.13. The van der Waals surface area contributed by atoms with Gasteiger partial charge in [0.1, 0.15) is 6.61 Å². The van der Waals surface area contributed by atoms with Gasteiger partial charge >= 0.3 is 0 Å². The monoisotopic (exact) mass is 629 g/mol. The molecule has 0 spiro atoms. The number of aromatic nitrogens is 1. The van der Waals surface area contributed by atoms with Crippen molar-refractivity contribution in [3.05, 3.63) is 120 Å². The molecule has 3 rings (SSSR count). The van der Waals surface area contributed by atoms with E-state index in [2.05, 4.69) is 102 Å². The first-order chi connectivity index (χ1) is 21.6. The third-order valence-electron chi connectivity index (χ3n) is 6.69. The van der Waals surface area contributed by atoms with Crippen LogP contribution in [0.5, 0.6) is 0 Å². The summed E-state index contributed by atoms with van der Waals surface area (Å²) in [4.78, 5) is 8.62. The molecule has 232 valence electrons. The van der Waals surface area contributed by atoms with Crippen molar-refractivity contribution in [2.45, 2.75) is 6.54 Å². The molecule has 0 bridgehead atoms. The first-order valence-electron chi connectivity index (χ1n) is 14.9. The molecule has 0 saturated heterocycles. The summed E-state index contributed by atoms with van der Waals surface area (Å²) in [5.41, 5.74) is 5.83. The van der Waals surface area contributed by atoms with Crippen molar-refractivity contribution in [2.24, 2.45) is 4.99 Å². The lowest BCUT2D eigenvalue weighted by atomic mass is 10.1. The molecule has 2 N–H and O–H groups in total. The molecule has 0 unspecified atom stereocenters. The van der Waals surface area contributed by atoms with Gasteiger partial charge in [0.05, 0.1) is 13.2 Å². The van der Waals surface area contributed by atoms with Gasteiger partial charge in [0.2, 0.25) is 5.69 Å². The first-order valence-corrected chi connectivity index (χ1v) is 17.3. The zero-order valence-corrected chi connectivity index (χ0v) is 27.4. The molecule has 0 aliphatic rings. The Morgan fingerprint density at radius 3 is 1.89 bits per heavy atom. The maximum Gasteiger partial charge on any atom is 0.205 e. The van der Waals surface area contributed by atoms with Crippen molar-refractivity contribution in [1.29, 1.82) is 0 Å². The topological polar surface area (TPSA) is 63.2 Å². The summed E-state index contributed by atoms with van der Waals surface area (Å²) >= 11 is 0. The molecule has 0 fully saturated rings. The summed E-state index contributed by atoms with van der Waals surface area (Å²) in [6, 6.07) is 23.3. The minimum absolute atomic E-state index is 0.0786. The standard InChI is InChI=1S/C36H45N4O2S2/c1-38(34-17-12-32(13-18-34)10-6-4-3-5-8-22-37-23-28-41)26-30-43-44-31-27-39(2)35-19-14-33(15-20-35)16-21-36-11-7-9-24-40(36)25-29-42/h3-22,24,41-42H,23,25-31H2,1-2H3/q+1/b4-3+,8-5-,10-6+,37-22+. The quantitative estimate of drug-likeness (QED) is 0.0535. The molecule has 0 radical (unpaired) electrons. The molecule has 0 saturated carbocycles. The van der Waals surface area contributed by atoms with Gasteiger partial charge in [-0.2, -0.15) is 4.57 Å². The Morgan fingerprint density at radius 2 is 1.27 bits per heavy atom. The van der Waals surface area contributed by atoms with Crippen LogP contribution in [0.1, 0.15) is 16.8 Å². The fourth-order valence-corrected chi connectivity index (χ4v) is 6.23. The number of pyridine rings is 1. The van der Waals surface area contributed by atoms with E-state index in [0.29, 0.717) is 13.1 Å². The number of benzene rings is 2. The Morgan fingerprint density at radius 1 is 0.682 bits per heavy atom. The molecule has 44 heavy (non-hydrogen) atoms. The van der Waals surface area contributed by atoms with Gasteiger partial charge in [0, 0.05) is 74.5 Å². The predicted octanol–water partition coefficient (Wildman–Crippen LogP) is 6.28. The van der Waals surface area contributed by atoms with Gasteiger partial charge in [-0.3, -0.25) is 4.99 Å². The zero-order valence-electron chi connectivity index (χ0n) is 25.8. The Bertz CT molecular complexity index is 1370. The highest BCUT2D eigenvalue weighted by molar-refractivity contribution is 8.76. The molecule has 1 aromatic heterocycles. The highest BCUT2D eigenvalue weighted by atomic mass is 33.1. The summed E-state index contributed by atoms with van der Waals surface area (Å²) in [5, 5.41) is 18.0. The fraction of sp³-hybridized carbons (Fsp3) is 0.278. The van der Waals surface area contributed by atoms with Gasteiger partial charge in [-0.15, -0.1) is 0 Å². The van der Waals surface area contributed by atoms with Crippen molar-refractivity contribution < 1.29 is 14.8 Å². The highest BCUT2D eigenvalue weighted by Gasteiger charge is 2.06. The lowest BCUT2D eigenvalue weighted by Crippen LogP contribution is -2.38. The van der Waals surface area contributed by atoms with E-state index in [1.807, 2.05) is 74.9 Å². The fourth-order valence-electron chi connectivity index (χ4n) is 4.14. The number of nitrogens with zero attached hydrogens (tertiary/aromatic N) is 4. The average molecular weight is 630 g/mol. The molecular weight excluding hydrogens is 585 g/mol. The summed E-state index contributed by atoms with van der Waals surface area (Å²) < 4.78 is 2.05. The molecule has 0 amide bonds. The van der Waals surface area contributed by atoms with Crippen LogP contribution in [0.3, 0.4) is 0 Å². The molecule has 1 heterocycles. The van der Waals surface area contributed by atoms with Crippen LogP contribution in [0.25, 0.3) is 18.2 Å². The smallest absolute Gasteiger partial charge is 0.205 e. The maximum atomic E-state index is 9.28. The number of hydrogen-bond acceptors (Lipinski definition) is 7. The molecule has 2 aromatic carbocycles. The van der Waals surface area contributed by atoms with Gasteiger partial charge in [-0.1, -0.05) is 76.2 Å². The van der Waals surface area contributed by atoms with Crippen molar-refractivity contribution in [3.63, 3.8) is 0 Å². The lowest BCUT2D eigenvalue weighted by molar-refractivity contribution is -0.699. The Balaban J connectivity index is 1.31. The number of rotatable bonds is 19. The van der Waals surface area contributed by atoms with Crippen molar-refractivity contribution in [1.82, 2.24) is 0 Å².